The van der Waals surface area contributed by atoms with E-state index in [1.165, 1.54) is 17.0 Å². The van der Waals surface area contributed by atoms with Crippen LogP contribution in [0.4, 0.5) is 10.1 Å². The number of hydrogen-bond donors (Lipinski definition) is 0. The summed E-state index contributed by atoms with van der Waals surface area (Å²) in [6.45, 7) is 0.938. The van der Waals surface area contributed by atoms with Crippen LogP contribution < -0.4 is 10.3 Å². The van der Waals surface area contributed by atoms with Gasteiger partial charge in [0.05, 0.1) is 29.3 Å². The largest absolute Gasteiger partial charge is 0.450 e. The third-order valence-corrected chi connectivity index (χ3v) is 7.79. The molecule has 7 nitrogen and oxygen atoms in total. The van der Waals surface area contributed by atoms with Crippen molar-refractivity contribution >= 4 is 28.5 Å². The van der Waals surface area contributed by atoms with Crippen LogP contribution in [0.2, 0.25) is 0 Å². The van der Waals surface area contributed by atoms with Gasteiger partial charge in [0, 0.05) is 18.7 Å². The zero-order valence-corrected chi connectivity index (χ0v) is 20.4. The number of hydrogen-bond acceptors (Lipinski definition) is 5. The van der Waals surface area contributed by atoms with Crippen LogP contribution in [0.25, 0.3) is 11.0 Å². The van der Waals surface area contributed by atoms with Gasteiger partial charge in [-0.15, -0.1) is 0 Å². The molecule has 3 aliphatic heterocycles. The fourth-order valence-corrected chi connectivity index (χ4v) is 6.13. The summed E-state index contributed by atoms with van der Waals surface area (Å²) in [5.74, 6) is -1.76. The highest BCUT2D eigenvalue weighted by molar-refractivity contribution is 6.17. The van der Waals surface area contributed by atoms with Gasteiger partial charge in [0.15, 0.2) is 11.0 Å². The minimum atomic E-state index is -1.75. The molecule has 2 unspecified atom stereocenters. The molecule has 2 amide bonds. The lowest BCUT2D eigenvalue weighted by Gasteiger charge is -2.35. The first kappa shape index (κ1) is 22.9. The molecule has 8 heteroatoms. The van der Waals surface area contributed by atoms with Crippen molar-refractivity contribution in [1.29, 1.82) is 0 Å². The zero-order valence-electron chi connectivity index (χ0n) is 20.4. The van der Waals surface area contributed by atoms with Crippen LogP contribution in [-0.2, 0) is 21.6 Å². The van der Waals surface area contributed by atoms with Crippen molar-refractivity contribution in [3.05, 3.63) is 111 Å². The topological polar surface area (TPSA) is 80.1 Å². The monoisotopic (exact) mass is 510 g/mol. The van der Waals surface area contributed by atoms with Crippen molar-refractivity contribution < 1.29 is 23.1 Å². The highest BCUT2D eigenvalue weighted by Gasteiger charge is 2.65. The molecule has 3 aliphatic rings. The van der Waals surface area contributed by atoms with Gasteiger partial charge >= 0.3 is 0 Å². The van der Waals surface area contributed by atoms with Crippen molar-refractivity contribution in [1.82, 2.24) is 4.90 Å². The molecule has 190 valence electrons. The summed E-state index contributed by atoms with van der Waals surface area (Å²) in [4.78, 5) is 45.8. The summed E-state index contributed by atoms with van der Waals surface area (Å²) >= 11 is 0. The Kier molecular flexibility index (Phi) is 5.03. The summed E-state index contributed by atoms with van der Waals surface area (Å²) in [7, 11) is 0. The van der Waals surface area contributed by atoms with E-state index in [9.17, 15) is 18.8 Å². The number of carbonyl (C=O) groups excluding carboxylic acids is 2. The SMILES string of the molecule is O=C1c2oc3ccc(F)cc3c(=O)c2C2(C(=O)N(Cc3ccccc3)c3ccccc32)N1CC1CCCO1. The van der Waals surface area contributed by atoms with Crippen LogP contribution in [0.3, 0.4) is 0 Å². The fraction of sp³-hybridized carbons (Fsp3) is 0.233. The van der Waals surface area contributed by atoms with Gasteiger partial charge in [-0.2, -0.15) is 0 Å². The first-order chi connectivity index (χ1) is 18.5. The van der Waals surface area contributed by atoms with Crippen LogP contribution in [0.15, 0.2) is 82.0 Å². The second kappa shape index (κ2) is 8.36. The molecule has 0 radical (unpaired) electrons. The standard InChI is InChI=1S/C30H23FN2O5/c31-19-12-13-24-21(15-19)26(34)25-27(38-24)28(35)33(17-20-9-6-14-37-20)30(25)22-10-4-5-11-23(22)32(29(30)36)16-18-7-2-1-3-8-18/h1-5,7-8,10-13,15,20H,6,9,14,16-17H2. The smallest absolute Gasteiger partial charge is 0.291 e. The summed E-state index contributed by atoms with van der Waals surface area (Å²) < 4.78 is 26.1. The molecule has 0 bridgehead atoms. The lowest BCUT2D eigenvalue weighted by Crippen LogP contribution is -2.55. The number of rotatable bonds is 4. The number of halogens is 1. The van der Waals surface area contributed by atoms with Crippen LogP contribution in [0.1, 0.15) is 40.1 Å². The predicted molar refractivity (Wildman–Crippen MR) is 137 cm³/mol. The maximum Gasteiger partial charge on any atom is 0.291 e. The third-order valence-electron chi connectivity index (χ3n) is 7.79. The van der Waals surface area contributed by atoms with Crippen LogP contribution in [0.5, 0.6) is 0 Å². The summed E-state index contributed by atoms with van der Waals surface area (Å²) in [5.41, 5.74) is -0.273. The van der Waals surface area contributed by atoms with Crippen molar-refractivity contribution in [2.45, 2.75) is 31.0 Å². The number of benzene rings is 3. The minimum absolute atomic E-state index is 0.0123. The van der Waals surface area contributed by atoms with Gasteiger partial charge < -0.3 is 19.0 Å². The number of para-hydroxylation sites is 1. The number of anilines is 1. The molecule has 38 heavy (non-hydrogen) atoms. The van der Waals surface area contributed by atoms with Crippen LogP contribution in [0, 0.1) is 5.82 Å². The van der Waals surface area contributed by atoms with Gasteiger partial charge in [-0.1, -0.05) is 48.5 Å². The number of fused-ring (bicyclic) bond motifs is 5. The number of carbonyl (C=O) groups is 2. The van der Waals surface area contributed by atoms with Gasteiger partial charge in [-0.25, -0.2) is 4.39 Å². The van der Waals surface area contributed by atoms with Crippen molar-refractivity contribution in [3.8, 4) is 0 Å². The molecule has 0 saturated carbocycles. The van der Waals surface area contributed by atoms with Crippen LogP contribution in [-0.4, -0.2) is 36.0 Å². The number of amides is 2. The molecule has 1 spiro atoms. The molecule has 1 saturated heterocycles. The molecule has 0 aliphatic carbocycles. The maximum absolute atomic E-state index is 14.7. The van der Waals surface area contributed by atoms with E-state index in [-0.39, 0.29) is 41.5 Å². The van der Waals surface area contributed by atoms with Crippen LogP contribution >= 0.6 is 0 Å². The highest BCUT2D eigenvalue weighted by Crippen LogP contribution is 2.53. The van der Waals surface area contributed by atoms with Gasteiger partial charge in [0.1, 0.15) is 11.4 Å². The zero-order chi connectivity index (χ0) is 26.0. The van der Waals surface area contributed by atoms with E-state index in [4.69, 9.17) is 9.15 Å². The Morgan fingerprint density at radius 1 is 0.974 bits per heavy atom. The van der Waals surface area contributed by atoms with E-state index < -0.39 is 28.6 Å². The van der Waals surface area contributed by atoms with E-state index in [1.807, 2.05) is 42.5 Å². The van der Waals surface area contributed by atoms with Crippen molar-refractivity contribution in [2.75, 3.05) is 18.1 Å². The van der Waals surface area contributed by atoms with E-state index in [1.54, 1.807) is 17.0 Å². The fourth-order valence-electron chi connectivity index (χ4n) is 6.13. The van der Waals surface area contributed by atoms with Gasteiger partial charge in [-0.05, 0) is 42.7 Å². The molecule has 1 fully saturated rings. The Labute approximate surface area is 217 Å². The number of ether oxygens (including phenoxy) is 1. The normalized spacial score (nSPS) is 22.1. The molecule has 4 heterocycles. The highest BCUT2D eigenvalue weighted by atomic mass is 19.1. The van der Waals surface area contributed by atoms with Gasteiger partial charge in [-0.3, -0.25) is 14.4 Å². The van der Waals surface area contributed by atoms with Crippen molar-refractivity contribution in [3.63, 3.8) is 0 Å². The number of nitrogens with zero attached hydrogens (tertiary/aromatic N) is 2. The first-order valence-electron chi connectivity index (χ1n) is 12.7. The average molecular weight is 511 g/mol. The van der Waals surface area contributed by atoms with E-state index in [2.05, 4.69) is 0 Å². The molecule has 1 aromatic heterocycles. The summed E-state index contributed by atoms with van der Waals surface area (Å²) in [6.07, 6.45) is 1.29. The second-order valence-electron chi connectivity index (χ2n) is 9.93. The van der Waals surface area contributed by atoms with Crippen molar-refractivity contribution in [2.24, 2.45) is 0 Å². The molecule has 2 atom stereocenters. The molecule has 3 aromatic carbocycles. The average Bonchev–Trinajstić information content (AvgIpc) is 3.60. The lowest BCUT2D eigenvalue weighted by atomic mass is 9.83. The molecule has 4 aromatic rings. The maximum atomic E-state index is 14.7. The van der Waals surface area contributed by atoms with Gasteiger partial charge in [0.25, 0.3) is 11.8 Å². The van der Waals surface area contributed by atoms with Gasteiger partial charge in [0.2, 0.25) is 5.76 Å². The summed E-state index contributed by atoms with van der Waals surface area (Å²) in [6, 6.07) is 20.3. The minimum Gasteiger partial charge on any atom is -0.450 e. The molecular weight excluding hydrogens is 487 g/mol. The Hall–Kier alpha value is -4.30. The van der Waals surface area contributed by atoms with E-state index in [0.29, 0.717) is 17.9 Å². The quantitative estimate of drug-likeness (QED) is 0.408. The first-order valence-corrected chi connectivity index (χ1v) is 12.7. The Balaban J connectivity index is 1.51. The Morgan fingerprint density at radius 2 is 1.76 bits per heavy atom. The van der Waals surface area contributed by atoms with E-state index >= 15 is 0 Å². The summed E-state index contributed by atoms with van der Waals surface area (Å²) in [5, 5.41) is -0.0123. The Morgan fingerprint density at radius 3 is 2.55 bits per heavy atom. The third kappa shape index (κ3) is 3.07. The molecule has 7 rings (SSSR count). The van der Waals surface area contributed by atoms with E-state index in [0.717, 1.165) is 24.5 Å². The predicted octanol–water partition coefficient (Wildman–Crippen LogP) is 4.36. The second-order valence-corrected chi connectivity index (χ2v) is 9.93. The molecule has 0 N–H and O–H groups in total. The lowest BCUT2D eigenvalue weighted by molar-refractivity contribution is -0.126. The Bertz CT molecular complexity index is 1680. The molecular formula is C30H23FN2O5.